The number of nitrogens with two attached hydrogens (primary N) is 1. The summed E-state index contributed by atoms with van der Waals surface area (Å²) in [6.07, 6.45) is 1.46. The van der Waals surface area contributed by atoms with Crippen LogP contribution >= 0.6 is 11.3 Å². The molecule has 2 N–H and O–H groups in total. The predicted octanol–water partition coefficient (Wildman–Crippen LogP) is 2.64. The van der Waals surface area contributed by atoms with Crippen molar-refractivity contribution in [2.75, 3.05) is 13.6 Å². The lowest BCUT2D eigenvalue weighted by Gasteiger charge is -2.24. The van der Waals surface area contributed by atoms with Crippen molar-refractivity contribution in [2.45, 2.75) is 32.7 Å². The topological polar surface area (TPSA) is 46.3 Å². The molecule has 0 radical (unpaired) electrons. The number of amides is 1. The van der Waals surface area contributed by atoms with Crippen LogP contribution < -0.4 is 5.73 Å². The zero-order valence-electron chi connectivity index (χ0n) is 10.8. The van der Waals surface area contributed by atoms with Gasteiger partial charge in [0.15, 0.2) is 0 Å². The van der Waals surface area contributed by atoms with Crippen LogP contribution in [0.15, 0.2) is 17.5 Å². The van der Waals surface area contributed by atoms with Crippen molar-refractivity contribution in [3.05, 3.63) is 22.4 Å². The molecule has 17 heavy (non-hydrogen) atoms. The highest BCUT2D eigenvalue weighted by atomic mass is 32.1. The minimum atomic E-state index is 0.163. The molecule has 0 saturated heterocycles. The molecule has 0 aliphatic carbocycles. The highest BCUT2D eigenvalue weighted by Crippen LogP contribution is 2.24. The lowest BCUT2D eigenvalue weighted by molar-refractivity contribution is -0.132. The van der Waals surface area contributed by atoms with E-state index in [0.717, 1.165) is 6.42 Å². The van der Waals surface area contributed by atoms with Crippen LogP contribution in [0, 0.1) is 5.92 Å². The molecule has 0 bridgehead atoms. The van der Waals surface area contributed by atoms with Gasteiger partial charge in [-0.05, 0) is 37.3 Å². The van der Waals surface area contributed by atoms with Crippen molar-refractivity contribution in [3.8, 4) is 0 Å². The summed E-state index contributed by atoms with van der Waals surface area (Å²) >= 11 is 1.69. The van der Waals surface area contributed by atoms with Gasteiger partial charge in [0.1, 0.15) is 0 Å². The minimum Gasteiger partial charge on any atom is -0.338 e. The van der Waals surface area contributed by atoms with Crippen LogP contribution in [0.5, 0.6) is 0 Å². The largest absolute Gasteiger partial charge is 0.338 e. The summed E-state index contributed by atoms with van der Waals surface area (Å²) in [4.78, 5) is 15.0. The molecule has 0 aliphatic rings. The molecular weight excluding hydrogens is 232 g/mol. The first-order chi connectivity index (χ1) is 8.06. The Balaban J connectivity index is 2.46. The van der Waals surface area contributed by atoms with Crippen LogP contribution in [0.3, 0.4) is 0 Å². The SMILES string of the molecule is CC(CN)CCC(=O)N(C)C(C)c1cccs1. The monoisotopic (exact) mass is 254 g/mol. The van der Waals surface area contributed by atoms with Crippen molar-refractivity contribution in [1.82, 2.24) is 4.90 Å². The van der Waals surface area contributed by atoms with E-state index >= 15 is 0 Å². The normalized spacial score (nSPS) is 14.4. The second-order valence-electron chi connectivity index (χ2n) is 4.58. The van der Waals surface area contributed by atoms with Gasteiger partial charge in [0.2, 0.25) is 5.91 Å². The van der Waals surface area contributed by atoms with E-state index in [9.17, 15) is 4.79 Å². The molecule has 0 aliphatic heterocycles. The molecule has 0 aromatic carbocycles. The summed E-state index contributed by atoms with van der Waals surface area (Å²) in [5, 5.41) is 2.04. The van der Waals surface area contributed by atoms with Gasteiger partial charge in [-0.1, -0.05) is 13.0 Å². The fourth-order valence-electron chi connectivity index (χ4n) is 1.60. The molecule has 1 rings (SSSR count). The quantitative estimate of drug-likeness (QED) is 0.848. The van der Waals surface area contributed by atoms with Gasteiger partial charge in [-0.3, -0.25) is 4.79 Å². The van der Waals surface area contributed by atoms with Crippen LogP contribution in [-0.4, -0.2) is 24.4 Å². The van der Waals surface area contributed by atoms with Crippen molar-refractivity contribution in [2.24, 2.45) is 11.7 Å². The fraction of sp³-hybridized carbons (Fsp3) is 0.615. The molecule has 1 amide bonds. The number of thiophene rings is 1. The van der Waals surface area contributed by atoms with Crippen LogP contribution in [0.1, 0.15) is 37.6 Å². The van der Waals surface area contributed by atoms with E-state index in [2.05, 4.69) is 19.9 Å². The van der Waals surface area contributed by atoms with Gasteiger partial charge in [0.05, 0.1) is 6.04 Å². The molecule has 2 unspecified atom stereocenters. The maximum atomic E-state index is 12.0. The summed E-state index contributed by atoms with van der Waals surface area (Å²) < 4.78 is 0. The number of hydrogen-bond donors (Lipinski definition) is 1. The average Bonchev–Trinajstić information content (AvgIpc) is 2.87. The predicted molar refractivity (Wildman–Crippen MR) is 73.0 cm³/mol. The minimum absolute atomic E-state index is 0.163. The molecule has 0 fully saturated rings. The van der Waals surface area contributed by atoms with Gasteiger partial charge in [0.25, 0.3) is 0 Å². The Morgan fingerprint density at radius 1 is 1.53 bits per heavy atom. The van der Waals surface area contributed by atoms with Crippen LogP contribution in [0.4, 0.5) is 0 Å². The Morgan fingerprint density at radius 2 is 2.24 bits per heavy atom. The molecule has 1 aromatic rings. The van der Waals surface area contributed by atoms with Crippen LogP contribution in [-0.2, 0) is 4.79 Å². The van der Waals surface area contributed by atoms with Crippen molar-refractivity contribution in [3.63, 3.8) is 0 Å². The van der Waals surface area contributed by atoms with Gasteiger partial charge in [0, 0.05) is 18.3 Å². The maximum absolute atomic E-state index is 12.0. The Bertz CT molecular complexity index is 337. The Labute approximate surface area is 108 Å². The summed E-state index contributed by atoms with van der Waals surface area (Å²) in [7, 11) is 1.87. The van der Waals surface area contributed by atoms with E-state index in [4.69, 9.17) is 5.73 Å². The maximum Gasteiger partial charge on any atom is 0.222 e. The molecule has 2 atom stereocenters. The van der Waals surface area contributed by atoms with Gasteiger partial charge in [-0.15, -0.1) is 11.3 Å². The van der Waals surface area contributed by atoms with E-state index in [1.165, 1.54) is 4.88 Å². The van der Waals surface area contributed by atoms with Crippen molar-refractivity contribution < 1.29 is 4.79 Å². The highest BCUT2D eigenvalue weighted by molar-refractivity contribution is 7.10. The van der Waals surface area contributed by atoms with Crippen molar-refractivity contribution >= 4 is 17.2 Å². The zero-order valence-corrected chi connectivity index (χ0v) is 11.7. The van der Waals surface area contributed by atoms with E-state index in [0.29, 0.717) is 18.9 Å². The molecule has 4 heteroatoms. The smallest absolute Gasteiger partial charge is 0.222 e. The molecule has 1 aromatic heterocycles. The number of nitrogens with zero attached hydrogens (tertiary/aromatic N) is 1. The zero-order chi connectivity index (χ0) is 12.8. The lowest BCUT2D eigenvalue weighted by atomic mass is 10.1. The third-order valence-electron chi connectivity index (χ3n) is 3.18. The molecular formula is C13H22N2OS. The standard InChI is InChI=1S/C13H22N2OS/c1-10(9-14)6-7-13(16)15(3)11(2)12-5-4-8-17-12/h4-5,8,10-11H,6-7,9,14H2,1-3H3. The Kier molecular flexibility index (Phi) is 5.65. The number of carbonyl (C=O) groups is 1. The third kappa shape index (κ3) is 4.13. The number of carbonyl (C=O) groups excluding carboxylic acids is 1. The first-order valence-electron chi connectivity index (χ1n) is 6.05. The molecule has 96 valence electrons. The average molecular weight is 254 g/mol. The molecule has 0 saturated carbocycles. The van der Waals surface area contributed by atoms with Crippen LogP contribution in [0.2, 0.25) is 0 Å². The lowest BCUT2D eigenvalue weighted by Crippen LogP contribution is -2.29. The molecule has 0 spiro atoms. The number of hydrogen-bond acceptors (Lipinski definition) is 3. The summed E-state index contributed by atoms with van der Waals surface area (Å²) in [5.41, 5.74) is 5.55. The second kappa shape index (κ2) is 6.77. The van der Waals surface area contributed by atoms with E-state index < -0.39 is 0 Å². The highest BCUT2D eigenvalue weighted by Gasteiger charge is 2.18. The Morgan fingerprint density at radius 3 is 2.76 bits per heavy atom. The van der Waals surface area contributed by atoms with Crippen molar-refractivity contribution in [1.29, 1.82) is 0 Å². The molecule has 3 nitrogen and oxygen atoms in total. The fourth-order valence-corrected chi connectivity index (χ4v) is 2.43. The van der Waals surface area contributed by atoms with E-state index in [-0.39, 0.29) is 11.9 Å². The van der Waals surface area contributed by atoms with Gasteiger partial charge >= 0.3 is 0 Å². The third-order valence-corrected chi connectivity index (χ3v) is 4.23. The van der Waals surface area contributed by atoms with Gasteiger partial charge < -0.3 is 10.6 Å². The van der Waals surface area contributed by atoms with E-state index in [1.54, 1.807) is 11.3 Å². The van der Waals surface area contributed by atoms with Crippen LogP contribution in [0.25, 0.3) is 0 Å². The number of rotatable bonds is 6. The first kappa shape index (κ1) is 14.2. The first-order valence-corrected chi connectivity index (χ1v) is 6.93. The summed E-state index contributed by atoms with van der Waals surface area (Å²) in [6.45, 7) is 4.80. The summed E-state index contributed by atoms with van der Waals surface area (Å²) in [5.74, 6) is 0.621. The Hall–Kier alpha value is -0.870. The van der Waals surface area contributed by atoms with Gasteiger partial charge in [-0.25, -0.2) is 0 Å². The second-order valence-corrected chi connectivity index (χ2v) is 5.55. The van der Waals surface area contributed by atoms with Gasteiger partial charge in [-0.2, -0.15) is 0 Å². The van der Waals surface area contributed by atoms with E-state index in [1.807, 2.05) is 23.4 Å². The summed E-state index contributed by atoms with van der Waals surface area (Å²) in [6, 6.07) is 4.25. The molecule has 1 heterocycles.